The first kappa shape index (κ1) is 14.2. The molecule has 0 spiro atoms. The highest BCUT2D eigenvalue weighted by Crippen LogP contribution is 2.25. The lowest BCUT2D eigenvalue weighted by atomic mass is 10.2. The van der Waals surface area contributed by atoms with Gasteiger partial charge in [-0.15, -0.1) is 0 Å². The molecule has 0 saturated heterocycles. The van der Waals surface area contributed by atoms with Crippen molar-refractivity contribution >= 4 is 17.3 Å². The van der Waals surface area contributed by atoms with Crippen molar-refractivity contribution in [3.63, 3.8) is 0 Å². The number of anilines is 3. The minimum absolute atomic E-state index is 0.184. The predicted molar refractivity (Wildman–Crippen MR) is 78.4 cm³/mol. The van der Waals surface area contributed by atoms with Crippen LogP contribution in [0.2, 0.25) is 0 Å². The Hall–Kier alpha value is -2.21. The highest BCUT2D eigenvalue weighted by molar-refractivity contribution is 5.61. The van der Waals surface area contributed by atoms with Crippen molar-refractivity contribution in [1.29, 1.82) is 0 Å². The van der Waals surface area contributed by atoms with Crippen molar-refractivity contribution in [3.8, 4) is 0 Å². The van der Waals surface area contributed by atoms with Crippen LogP contribution in [-0.4, -0.2) is 17.0 Å². The Labute approximate surface area is 117 Å². The van der Waals surface area contributed by atoms with Crippen molar-refractivity contribution in [2.24, 2.45) is 5.84 Å². The number of hydrazine groups is 1. The van der Waals surface area contributed by atoms with Gasteiger partial charge in [-0.05, 0) is 24.3 Å². The van der Waals surface area contributed by atoms with E-state index in [-0.39, 0.29) is 11.7 Å². The third-order valence-electron chi connectivity index (χ3n) is 2.95. The van der Waals surface area contributed by atoms with E-state index in [0.717, 1.165) is 5.69 Å². The molecule has 1 heterocycles. The molecule has 20 heavy (non-hydrogen) atoms. The van der Waals surface area contributed by atoms with Gasteiger partial charge in [0.1, 0.15) is 23.3 Å². The minimum atomic E-state index is -0.267. The van der Waals surface area contributed by atoms with Gasteiger partial charge < -0.3 is 10.3 Å². The Morgan fingerprint density at radius 2 is 1.85 bits per heavy atom. The topological polar surface area (TPSA) is 67.1 Å². The first-order valence-electron chi connectivity index (χ1n) is 6.36. The number of hydrogen-bond donors (Lipinski definition) is 2. The van der Waals surface area contributed by atoms with Crippen LogP contribution in [0.1, 0.15) is 25.6 Å². The molecular formula is C14H18FN5. The number of nitrogens with zero attached hydrogens (tertiary/aromatic N) is 3. The second-order valence-corrected chi connectivity index (χ2v) is 4.80. The molecule has 0 aliphatic carbocycles. The summed E-state index contributed by atoms with van der Waals surface area (Å²) in [6.45, 7) is 4.02. The summed E-state index contributed by atoms with van der Waals surface area (Å²) in [7, 11) is 1.86. The van der Waals surface area contributed by atoms with Gasteiger partial charge in [-0.2, -0.15) is 0 Å². The van der Waals surface area contributed by atoms with Crippen LogP contribution in [0.5, 0.6) is 0 Å². The molecule has 0 unspecified atom stereocenters. The Kier molecular flexibility index (Phi) is 4.14. The van der Waals surface area contributed by atoms with Crippen LogP contribution < -0.4 is 16.2 Å². The van der Waals surface area contributed by atoms with Crippen LogP contribution in [0.3, 0.4) is 0 Å². The molecule has 0 radical (unpaired) electrons. The summed E-state index contributed by atoms with van der Waals surface area (Å²) in [5.74, 6) is 7.30. The van der Waals surface area contributed by atoms with E-state index in [1.807, 2.05) is 25.8 Å². The summed E-state index contributed by atoms with van der Waals surface area (Å²) >= 11 is 0. The third kappa shape index (κ3) is 3.03. The molecule has 0 aliphatic rings. The first-order valence-corrected chi connectivity index (χ1v) is 6.36. The van der Waals surface area contributed by atoms with E-state index in [0.29, 0.717) is 17.5 Å². The van der Waals surface area contributed by atoms with E-state index < -0.39 is 0 Å². The molecule has 5 nitrogen and oxygen atoms in total. The normalized spacial score (nSPS) is 10.7. The fourth-order valence-corrected chi connectivity index (χ4v) is 1.75. The highest BCUT2D eigenvalue weighted by atomic mass is 19.1. The van der Waals surface area contributed by atoms with E-state index in [9.17, 15) is 4.39 Å². The number of benzene rings is 1. The molecule has 0 atom stereocenters. The van der Waals surface area contributed by atoms with E-state index in [2.05, 4.69) is 15.4 Å². The van der Waals surface area contributed by atoms with E-state index in [1.54, 1.807) is 18.2 Å². The molecule has 0 saturated carbocycles. The molecule has 3 N–H and O–H groups in total. The maximum Gasteiger partial charge on any atom is 0.145 e. The van der Waals surface area contributed by atoms with Crippen molar-refractivity contribution in [2.45, 2.75) is 19.8 Å². The van der Waals surface area contributed by atoms with Crippen molar-refractivity contribution in [3.05, 3.63) is 42.0 Å². The Morgan fingerprint density at radius 1 is 1.20 bits per heavy atom. The summed E-state index contributed by atoms with van der Waals surface area (Å²) in [5, 5.41) is 0. The van der Waals surface area contributed by atoms with Crippen LogP contribution >= 0.6 is 0 Å². The predicted octanol–water partition coefficient (Wildman–Crippen LogP) is 2.79. The van der Waals surface area contributed by atoms with Crippen LogP contribution in [0.4, 0.5) is 21.7 Å². The number of aromatic nitrogens is 2. The zero-order valence-electron chi connectivity index (χ0n) is 11.8. The van der Waals surface area contributed by atoms with Crippen molar-refractivity contribution in [1.82, 2.24) is 9.97 Å². The van der Waals surface area contributed by atoms with Crippen molar-refractivity contribution in [2.75, 3.05) is 17.4 Å². The summed E-state index contributed by atoms with van der Waals surface area (Å²) in [6.07, 6.45) is 0. The van der Waals surface area contributed by atoms with Gasteiger partial charge in [-0.3, -0.25) is 0 Å². The summed E-state index contributed by atoms with van der Waals surface area (Å²) < 4.78 is 13.0. The molecule has 2 aromatic rings. The second kappa shape index (κ2) is 5.83. The Morgan fingerprint density at radius 3 is 2.40 bits per heavy atom. The first-order chi connectivity index (χ1) is 9.51. The van der Waals surface area contributed by atoms with E-state index >= 15 is 0 Å². The Balaban J connectivity index is 2.40. The number of halogens is 1. The lowest BCUT2D eigenvalue weighted by Crippen LogP contribution is -2.16. The molecule has 106 valence electrons. The van der Waals surface area contributed by atoms with Gasteiger partial charge in [0.2, 0.25) is 0 Å². The fourth-order valence-electron chi connectivity index (χ4n) is 1.75. The smallest absolute Gasteiger partial charge is 0.145 e. The van der Waals surface area contributed by atoms with Crippen LogP contribution in [0, 0.1) is 5.82 Å². The van der Waals surface area contributed by atoms with Crippen LogP contribution in [0.25, 0.3) is 0 Å². The quantitative estimate of drug-likeness (QED) is 0.663. The van der Waals surface area contributed by atoms with E-state index in [4.69, 9.17) is 5.84 Å². The van der Waals surface area contributed by atoms with Gasteiger partial charge in [0.15, 0.2) is 0 Å². The van der Waals surface area contributed by atoms with Gasteiger partial charge in [0.05, 0.1) is 0 Å². The lowest BCUT2D eigenvalue weighted by molar-refractivity contribution is 0.628. The molecule has 0 amide bonds. The van der Waals surface area contributed by atoms with Crippen LogP contribution in [-0.2, 0) is 0 Å². The summed E-state index contributed by atoms with van der Waals surface area (Å²) in [5.41, 5.74) is 3.38. The third-order valence-corrected chi connectivity index (χ3v) is 2.95. The Bertz CT molecular complexity index is 583. The average molecular weight is 275 g/mol. The molecule has 0 fully saturated rings. The maximum absolute atomic E-state index is 13.0. The van der Waals surface area contributed by atoms with Gasteiger partial charge >= 0.3 is 0 Å². The van der Waals surface area contributed by atoms with Gasteiger partial charge in [-0.1, -0.05) is 13.8 Å². The number of nitrogen functional groups attached to an aromatic ring is 1. The average Bonchev–Trinajstić information content (AvgIpc) is 2.46. The zero-order chi connectivity index (χ0) is 14.7. The number of rotatable bonds is 4. The molecule has 1 aromatic carbocycles. The molecule has 6 heteroatoms. The standard InChI is InChI=1S/C14H18FN5/c1-9(2)14-17-12(19-16)8-13(18-14)20(3)11-6-4-10(15)5-7-11/h4-9H,16H2,1-3H3,(H,17,18,19). The van der Waals surface area contributed by atoms with E-state index in [1.165, 1.54) is 12.1 Å². The number of hydrogen-bond acceptors (Lipinski definition) is 5. The molecule has 2 rings (SSSR count). The number of nitrogens with two attached hydrogens (primary N) is 1. The van der Waals surface area contributed by atoms with Gasteiger partial charge in [-0.25, -0.2) is 20.2 Å². The summed E-state index contributed by atoms with van der Waals surface area (Å²) in [4.78, 5) is 10.7. The fraction of sp³-hybridized carbons (Fsp3) is 0.286. The van der Waals surface area contributed by atoms with Gasteiger partial charge in [0, 0.05) is 24.7 Å². The van der Waals surface area contributed by atoms with Gasteiger partial charge in [0.25, 0.3) is 0 Å². The molecule has 1 aromatic heterocycles. The molecular weight excluding hydrogens is 257 g/mol. The monoisotopic (exact) mass is 275 g/mol. The maximum atomic E-state index is 13.0. The minimum Gasteiger partial charge on any atom is -0.329 e. The largest absolute Gasteiger partial charge is 0.329 e. The highest BCUT2D eigenvalue weighted by Gasteiger charge is 2.12. The lowest BCUT2D eigenvalue weighted by Gasteiger charge is -2.20. The number of nitrogens with one attached hydrogen (secondary N) is 1. The SMILES string of the molecule is CC(C)c1nc(NN)cc(N(C)c2ccc(F)cc2)n1. The summed E-state index contributed by atoms with van der Waals surface area (Å²) in [6, 6.07) is 7.97. The molecule has 0 aliphatic heterocycles. The second-order valence-electron chi connectivity index (χ2n) is 4.80. The zero-order valence-corrected chi connectivity index (χ0v) is 11.8. The van der Waals surface area contributed by atoms with Crippen molar-refractivity contribution < 1.29 is 4.39 Å². The van der Waals surface area contributed by atoms with Crippen LogP contribution in [0.15, 0.2) is 30.3 Å². The molecule has 0 bridgehead atoms.